The van der Waals surface area contributed by atoms with Gasteiger partial charge in [0.2, 0.25) is 0 Å². The number of hydrogen-bond acceptors (Lipinski definition) is 0. The van der Waals surface area contributed by atoms with E-state index in [1.807, 2.05) is 5.57 Å². The second-order valence-corrected chi connectivity index (χ2v) is 6.91. The van der Waals surface area contributed by atoms with Crippen molar-refractivity contribution >= 4 is 0 Å². The maximum atomic E-state index is 2.68. The molecule has 0 saturated heterocycles. The lowest BCUT2D eigenvalue weighted by Crippen LogP contribution is -3.06. The van der Waals surface area contributed by atoms with Crippen molar-refractivity contribution in [2.24, 2.45) is 5.92 Å². The Morgan fingerprint density at radius 2 is 2.00 bits per heavy atom. The van der Waals surface area contributed by atoms with E-state index in [9.17, 15) is 0 Å². The van der Waals surface area contributed by atoms with Crippen molar-refractivity contribution in [1.82, 2.24) is 0 Å². The van der Waals surface area contributed by atoms with Gasteiger partial charge in [-0.3, -0.25) is 0 Å². The second-order valence-electron chi connectivity index (χ2n) is 6.91. The monoisotopic (exact) mass is 266 g/mol. The van der Waals surface area contributed by atoms with E-state index >= 15 is 0 Å². The summed E-state index contributed by atoms with van der Waals surface area (Å²) in [6.07, 6.45) is 15.4. The van der Waals surface area contributed by atoms with Crippen molar-refractivity contribution in [2.75, 3.05) is 27.2 Å². The minimum Gasteiger partial charge on any atom is -0.343 e. The molecule has 0 bridgehead atoms. The van der Waals surface area contributed by atoms with E-state index < -0.39 is 0 Å². The Hall–Kier alpha value is -0.340. The molecule has 0 heterocycles. The normalized spacial score (nSPS) is 28.5. The predicted octanol–water partition coefficient (Wildman–Crippen LogP) is 1.14. The summed E-state index contributed by atoms with van der Waals surface area (Å²) in [5.41, 5.74) is 1.82. The van der Waals surface area contributed by atoms with Crippen LogP contribution >= 0.6 is 0 Å². The van der Waals surface area contributed by atoms with E-state index in [1.54, 1.807) is 4.90 Å². The fourth-order valence-corrected chi connectivity index (χ4v) is 3.89. The van der Waals surface area contributed by atoms with E-state index in [0.717, 1.165) is 12.0 Å². The highest BCUT2D eigenvalue weighted by molar-refractivity contribution is 5.11. The Kier molecular flexibility index (Phi) is 6.39. The highest BCUT2D eigenvalue weighted by Gasteiger charge is 2.30. The zero-order valence-corrected chi connectivity index (χ0v) is 13.1. The van der Waals surface area contributed by atoms with Crippen LogP contribution in [0.3, 0.4) is 0 Å². The minimum atomic E-state index is 0.898. The Labute approximate surface area is 119 Å². The van der Waals surface area contributed by atoms with Gasteiger partial charge in [-0.05, 0) is 44.9 Å². The average molecular weight is 266 g/mol. The molecule has 2 rings (SSSR count). The minimum absolute atomic E-state index is 0.898. The molecule has 2 nitrogen and oxygen atoms in total. The van der Waals surface area contributed by atoms with Crippen LogP contribution in [0.2, 0.25) is 0 Å². The molecule has 0 spiro atoms. The highest BCUT2D eigenvalue weighted by Crippen LogP contribution is 2.33. The zero-order valence-electron chi connectivity index (χ0n) is 13.1. The van der Waals surface area contributed by atoms with Crippen LogP contribution in [-0.4, -0.2) is 33.2 Å². The van der Waals surface area contributed by atoms with Crippen LogP contribution in [0, 0.1) is 5.92 Å². The summed E-state index contributed by atoms with van der Waals surface area (Å²) in [6.45, 7) is 2.65. The summed E-state index contributed by atoms with van der Waals surface area (Å²) >= 11 is 0. The maximum absolute atomic E-state index is 2.68. The lowest BCUT2D eigenvalue weighted by molar-refractivity contribution is -0.860. The van der Waals surface area contributed by atoms with Gasteiger partial charge in [0.1, 0.15) is 0 Å². The Bertz CT molecular complexity index is 283. The largest absolute Gasteiger partial charge is 0.343 e. The molecule has 0 aromatic heterocycles. The smallest absolute Gasteiger partial charge is 0.0925 e. The third kappa shape index (κ3) is 4.92. The molecule has 2 atom stereocenters. The van der Waals surface area contributed by atoms with Gasteiger partial charge in [-0.15, -0.1) is 0 Å². The summed E-state index contributed by atoms with van der Waals surface area (Å²) in [5, 5.41) is 2.68. The summed E-state index contributed by atoms with van der Waals surface area (Å²) in [7, 11) is 4.52. The quantitative estimate of drug-likeness (QED) is 0.531. The Morgan fingerprint density at radius 1 is 1.16 bits per heavy atom. The van der Waals surface area contributed by atoms with Gasteiger partial charge >= 0.3 is 0 Å². The number of quaternary nitrogens is 2. The number of nitrogens with two attached hydrogens (primary N) is 1. The fourth-order valence-electron chi connectivity index (χ4n) is 3.89. The number of allylic oxidation sites excluding steroid dienone is 1. The van der Waals surface area contributed by atoms with Gasteiger partial charge in [0.15, 0.2) is 0 Å². The number of rotatable bonds is 6. The number of nitrogens with one attached hydrogen (secondary N) is 1. The van der Waals surface area contributed by atoms with Crippen LogP contribution in [-0.2, 0) is 0 Å². The molecule has 110 valence electrons. The molecule has 0 aromatic carbocycles. The van der Waals surface area contributed by atoms with Gasteiger partial charge in [0.25, 0.3) is 0 Å². The molecule has 2 aliphatic carbocycles. The van der Waals surface area contributed by atoms with E-state index in [1.165, 1.54) is 70.9 Å². The Morgan fingerprint density at radius 3 is 2.74 bits per heavy atom. The van der Waals surface area contributed by atoms with Crippen molar-refractivity contribution in [3.8, 4) is 0 Å². The van der Waals surface area contributed by atoms with E-state index in [0.29, 0.717) is 0 Å². The molecule has 2 heteroatoms. The molecule has 0 aromatic rings. The molecule has 3 N–H and O–H groups in total. The first-order chi connectivity index (χ1) is 9.27. The fraction of sp³-hybridized carbons (Fsp3) is 0.882. The van der Waals surface area contributed by atoms with E-state index in [2.05, 4.69) is 25.5 Å². The zero-order chi connectivity index (χ0) is 13.5. The SMILES string of the molecule is C[NH+](C)CCC[NH2+][C@H]1CCCC[C@H]1C1=CCCCC1. The summed E-state index contributed by atoms with van der Waals surface area (Å²) in [5.74, 6) is 0.917. The van der Waals surface area contributed by atoms with Crippen molar-refractivity contribution in [3.63, 3.8) is 0 Å². The first kappa shape index (κ1) is 15.1. The molecule has 0 unspecified atom stereocenters. The van der Waals surface area contributed by atoms with Crippen molar-refractivity contribution in [1.29, 1.82) is 0 Å². The number of hydrogen-bond donors (Lipinski definition) is 2. The van der Waals surface area contributed by atoms with Crippen molar-refractivity contribution in [3.05, 3.63) is 11.6 Å². The van der Waals surface area contributed by atoms with Gasteiger partial charge in [-0.25, -0.2) is 0 Å². The molecular formula is C17H34N2+2. The molecule has 19 heavy (non-hydrogen) atoms. The van der Waals surface area contributed by atoms with Gasteiger partial charge < -0.3 is 10.2 Å². The third-order valence-electron chi connectivity index (χ3n) is 4.97. The lowest BCUT2D eigenvalue weighted by Gasteiger charge is -2.33. The molecule has 0 radical (unpaired) electrons. The van der Waals surface area contributed by atoms with E-state index in [4.69, 9.17) is 0 Å². The van der Waals surface area contributed by atoms with Crippen LogP contribution in [0.1, 0.15) is 57.8 Å². The van der Waals surface area contributed by atoms with Crippen molar-refractivity contribution < 1.29 is 10.2 Å². The lowest BCUT2D eigenvalue weighted by atomic mass is 9.76. The van der Waals surface area contributed by atoms with Crippen LogP contribution < -0.4 is 10.2 Å². The van der Waals surface area contributed by atoms with Gasteiger partial charge in [0.05, 0.1) is 33.2 Å². The molecular weight excluding hydrogens is 232 g/mol. The van der Waals surface area contributed by atoms with Crippen LogP contribution in [0.4, 0.5) is 0 Å². The van der Waals surface area contributed by atoms with Crippen LogP contribution in [0.15, 0.2) is 11.6 Å². The molecule has 1 saturated carbocycles. The molecule has 0 amide bonds. The first-order valence-electron chi connectivity index (χ1n) is 8.58. The second kappa shape index (κ2) is 8.06. The van der Waals surface area contributed by atoms with Crippen molar-refractivity contribution in [2.45, 2.75) is 63.8 Å². The maximum Gasteiger partial charge on any atom is 0.0925 e. The summed E-state index contributed by atoms with van der Waals surface area (Å²) in [4.78, 5) is 1.59. The van der Waals surface area contributed by atoms with E-state index in [-0.39, 0.29) is 0 Å². The molecule has 2 aliphatic rings. The van der Waals surface area contributed by atoms with Crippen LogP contribution in [0.5, 0.6) is 0 Å². The van der Waals surface area contributed by atoms with Crippen LogP contribution in [0.25, 0.3) is 0 Å². The highest BCUT2D eigenvalue weighted by atomic mass is 15.1. The van der Waals surface area contributed by atoms with Gasteiger partial charge in [-0.2, -0.15) is 0 Å². The van der Waals surface area contributed by atoms with Gasteiger partial charge in [0, 0.05) is 12.3 Å². The molecule has 1 fully saturated rings. The molecule has 0 aliphatic heterocycles. The summed E-state index contributed by atoms with van der Waals surface area (Å²) in [6, 6.07) is 0.898. The average Bonchev–Trinajstić information content (AvgIpc) is 2.45. The first-order valence-corrected chi connectivity index (χ1v) is 8.58. The topological polar surface area (TPSA) is 21.1 Å². The standard InChI is InChI=1S/C17H32N2/c1-19(2)14-8-13-18-17-12-7-6-11-16(17)15-9-4-3-5-10-15/h9,16-18H,3-8,10-14H2,1-2H3/p+2/t16-,17-/m0/s1. The predicted molar refractivity (Wildman–Crippen MR) is 81.4 cm³/mol. The third-order valence-corrected chi connectivity index (χ3v) is 4.97. The van der Waals surface area contributed by atoms with Gasteiger partial charge in [-0.1, -0.05) is 18.1 Å². The Balaban J connectivity index is 1.80. The summed E-state index contributed by atoms with van der Waals surface area (Å²) < 4.78 is 0.